The normalized spacial score (nSPS) is 10.7. The first-order valence-corrected chi connectivity index (χ1v) is 10.9. The van der Waals surface area contributed by atoms with Crippen molar-refractivity contribution in [3.8, 4) is 11.5 Å². The van der Waals surface area contributed by atoms with Crippen LogP contribution in [0, 0.1) is 0 Å². The van der Waals surface area contributed by atoms with Crippen LogP contribution in [0.1, 0.15) is 34.8 Å². The molecule has 0 atom stereocenters. The van der Waals surface area contributed by atoms with Crippen LogP contribution >= 0.6 is 15.9 Å². The molecule has 3 aromatic rings. The second-order valence-electron chi connectivity index (χ2n) is 6.90. The van der Waals surface area contributed by atoms with Gasteiger partial charge in [-0.05, 0) is 54.4 Å². The van der Waals surface area contributed by atoms with Gasteiger partial charge in [-0.25, -0.2) is 10.2 Å². The van der Waals surface area contributed by atoms with E-state index in [1.807, 2.05) is 37.3 Å². The molecule has 7 heteroatoms. The first kappa shape index (κ1) is 23.2. The van der Waals surface area contributed by atoms with E-state index in [1.54, 1.807) is 42.5 Å². The molecule has 6 nitrogen and oxygen atoms in total. The highest BCUT2D eigenvalue weighted by Gasteiger charge is 2.12. The molecule has 1 N–H and O–H groups in total. The Kier molecular flexibility index (Phi) is 8.57. The van der Waals surface area contributed by atoms with Crippen molar-refractivity contribution in [2.75, 3.05) is 6.61 Å². The van der Waals surface area contributed by atoms with E-state index in [4.69, 9.17) is 9.47 Å². The number of hydrazone groups is 1. The van der Waals surface area contributed by atoms with Crippen LogP contribution in [-0.2, 0) is 11.2 Å². The van der Waals surface area contributed by atoms with Crippen molar-refractivity contribution < 1.29 is 19.1 Å². The third kappa shape index (κ3) is 7.06. The summed E-state index contributed by atoms with van der Waals surface area (Å²) in [5.74, 6) is 0.278. The van der Waals surface area contributed by atoms with Gasteiger partial charge in [-0.3, -0.25) is 4.79 Å². The van der Waals surface area contributed by atoms with E-state index in [0.717, 1.165) is 16.5 Å². The minimum Gasteiger partial charge on any atom is -0.494 e. The van der Waals surface area contributed by atoms with Gasteiger partial charge < -0.3 is 9.47 Å². The lowest BCUT2D eigenvalue weighted by Gasteiger charge is -2.09. The van der Waals surface area contributed by atoms with E-state index in [0.29, 0.717) is 29.2 Å². The highest BCUT2D eigenvalue weighted by Crippen LogP contribution is 2.23. The zero-order valence-electron chi connectivity index (χ0n) is 17.6. The Labute approximate surface area is 195 Å². The minimum absolute atomic E-state index is 0.219. The molecule has 0 unspecified atom stereocenters. The van der Waals surface area contributed by atoms with Crippen molar-refractivity contribution in [1.82, 2.24) is 5.43 Å². The molecule has 0 aliphatic carbocycles. The number of ether oxygens (including phenoxy) is 2. The molecule has 0 spiro atoms. The Morgan fingerprint density at radius 1 is 1.03 bits per heavy atom. The van der Waals surface area contributed by atoms with Gasteiger partial charge in [0.25, 0.3) is 0 Å². The largest absolute Gasteiger partial charge is 0.494 e. The highest BCUT2D eigenvalue weighted by molar-refractivity contribution is 9.10. The lowest BCUT2D eigenvalue weighted by Crippen LogP contribution is -2.19. The number of nitrogens with zero attached hydrogens (tertiary/aromatic N) is 1. The van der Waals surface area contributed by atoms with Gasteiger partial charge in [0.05, 0.1) is 24.8 Å². The summed E-state index contributed by atoms with van der Waals surface area (Å²) in [6.07, 6.45) is 2.57. The van der Waals surface area contributed by atoms with Crippen LogP contribution in [0.2, 0.25) is 0 Å². The Morgan fingerprint density at radius 3 is 2.50 bits per heavy atom. The Morgan fingerprint density at radius 2 is 1.78 bits per heavy atom. The van der Waals surface area contributed by atoms with E-state index >= 15 is 0 Å². The number of hydrogen-bond donors (Lipinski definition) is 1. The van der Waals surface area contributed by atoms with Gasteiger partial charge in [-0.1, -0.05) is 53.2 Å². The van der Waals surface area contributed by atoms with Crippen molar-refractivity contribution in [2.45, 2.75) is 19.8 Å². The molecule has 0 saturated heterocycles. The molecule has 0 aliphatic rings. The Balaban J connectivity index is 1.64. The fraction of sp³-hybridized carbons (Fsp3) is 0.160. The molecule has 0 radical (unpaired) electrons. The highest BCUT2D eigenvalue weighted by atomic mass is 79.9. The summed E-state index contributed by atoms with van der Waals surface area (Å²) >= 11 is 3.40. The molecule has 1 amide bonds. The van der Waals surface area contributed by atoms with Crippen molar-refractivity contribution in [3.05, 3.63) is 94.0 Å². The molecule has 0 saturated carbocycles. The van der Waals surface area contributed by atoms with Crippen LogP contribution in [-0.4, -0.2) is 24.7 Å². The molecule has 3 aromatic carbocycles. The summed E-state index contributed by atoms with van der Waals surface area (Å²) in [7, 11) is 0. The van der Waals surface area contributed by atoms with E-state index in [1.165, 1.54) is 6.21 Å². The third-order valence-electron chi connectivity index (χ3n) is 4.34. The van der Waals surface area contributed by atoms with E-state index in [2.05, 4.69) is 26.5 Å². The number of esters is 1. The Bertz CT molecular complexity index is 1080. The molecule has 32 heavy (non-hydrogen) atoms. The maximum absolute atomic E-state index is 12.6. The smallest absolute Gasteiger partial charge is 0.343 e. The van der Waals surface area contributed by atoms with Gasteiger partial charge in [0.15, 0.2) is 0 Å². The van der Waals surface area contributed by atoms with Crippen molar-refractivity contribution in [3.63, 3.8) is 0 Å². The maximum atomic E-state index is 12.6. The van der Waals surface area contributed by atoms with Crippen molar-refractivity contribution in [1.29, 1.82) is 0 Å². The van der Waals surface area contributed by atoms with Gasteiger partial charge in [-0.15, -0.1) is 0 Å². The SMILES string of the molecule is CCCOc1ccc(C(=O)Oc2ccc(Br)cc2C=NNC(=O)Cc2ccccc2)cc1. The first-order chi connectivity index (χ1) is 15.5. The topological polar surface area (TPSA) is 77.0 Å². The number of hydrogen-bond acceptors (Lipinski definition) is 5. The number of rotatable bonds is 9. The lowest BCUT2D eigenvalue weighted by atomic mass is 10.1. The molecule has 0 aromatic heterocycles. The molecule has 0 heterocycles. The van der Waals surface area contributed by atoms with Crippen LogP contribution in [0.3, 0.4) is 0 Å². The van der Waals surface area contributed by atoms with E-state index in [9.17, 15) is 9.59 Å². The monoisotopic (exact) mass is 494 g/mol. The molecule has 0 bridgehead atoms. The zero-order chi connectivity index (χ0) is 22.8. The van der Waals surface area contributed by atoms with Crippen LogP contribution < -0.4 is 14.9 Å². The summed E-state index contributed by atoms with van der Waals surface area (Å²) in [5, 5.41) is 4.01. The quantitative estimate of drug-likeness (QED) is 0.193. The molecular formula is C25H23BrN2O4. The number of halogens is 1. The number of nitrogens with one attached hydrogen (secondary N) is 1. The summed E-state index contributed by atoms with van der Waals surface area (Å²) in [6, 6.07) is 21.3. The number of carbonyl (C=O) groups is 2. The van der Waals surface area contributed by atoms with Crippen molar-refractivity contribution >= 4 is 34.0 Å². The van der Waals surface area contributed by atoms with E-state index in [-0.39, 0.29) is 12.3 Å². The predicted molar refractivity (Wildman–Crippen MR) is 127 cm³/mol. The zero-order valence-corrected chi connectivity index (χ0v) is 19.2. The molecular weight excluding hydrogens is 472 g/mol. The summed E-state index contributed by atoms with van der Waals surface area (Å²) in [4.78, 5) is 24.7. The average Bonchev–Trinajstić information content (AvgIpc) is 2.80. The van der Waals surface area contributed by atoms with E-state index < -0.39 is 5.97 Å². The fourth-order valence-electron chi connectivity index (χ4n) is 2.77. The number of benzene rings is 3. The summed E-state index contributed by atoms with van der Waals surface area (Å²) < 4.78 is 11.9. The van der Waals surface area contributed by atoms with Crippen LogP contribution in [0.25, 0.3) is 0 Å². The summed E-state index contributed by atoms with van der Waals surface area (Å²) in [6.45, 7) is 2.65. The maximum Gasteiger partial charge on any atom is 0.343 e. The van der Waals surface area contributed by atoms with Gasteiger partial charge in [0.1, 0.15) is 11.5 Å². The van der Waals surface area contributed by atoms with Crippen LogP contribution in [0.4, 0.5) is 0 Å². The predicted octanol–water partition coefficient (Wildman–Crippen LogP) is 5.15. The number of carbonyl (C=O) groups excluding carboxylic acids is 2. The number of amides is 1. The molecule has 164 valence electrons. The lowest BCUT2D eigenvalue weighted by molar-refractivity contribution is -0.120. The fourth-order valence-corrected chi connectivity index (χ4v) is 3.15. The van der Waals surface area contributed by atoms with Gasteiger partial charge in [-0.2, -0.15) is 5.10 Å². The molecule has 3 rings (SSSR count). The molecule has 0 fully saturated rings. The second-order valence-corrected chi connectivity index (χ2v) is 7.82. The van der Waals surface area contributed by atoms with Crippen LogP contribution in [0.5, 0.6) is 11.5 Å². The standard InChI is InChI=1S/C25H23BrN2O4/c1-2-14-31-22-11-8-19(9-12-22)25(30)32-23-13-10-21(26)16-20(23)17-27-28-24(29)15-18-6-4-3-5-7-18/h3-13,16-17H,2,14-15H2,1H3,(H,28,29). The first-order valence-electron chi connectivity index (χ1n) is 10.2. The third-order valence-corrected chi connectivity index (χ3v) is 4.83. The Hall–Kier alpha value is -3.45. The average molecular weight is 495 g/mol. The minimum atomic E-state index is -0.503. The molecule has 0 aliphatic heterocycles. The second kappa shape index (κ2) is 11.8. The summed E-state index contributed by atoms with van der Waals surface area (Å²) in [5.41, 5.74) is 4.32. The van der Waals surface area contributed by atoms with Crippen molar-refractivity contribution in [2.24, 2.45) is 5.10 Å². The van der Waals surface area contributed by atoms with Crippen LogP contribution in [0.15, 0.2) is 82.4 Å². The van der Waals surface area contributed by atoms with Gasteiger partial charge in [0.2, 0.25) is 5.91 Å². The van der Waals surface area contributed by atoms with Gasteiger partial charge >= 0.3 is 5.97 Å². The van der Waals surface area contributed by atoms with Gasteiger partial charge in [0, 0.05) is 10.0 Å².